The van der Waals surface area contributed by atoms with Gasteiger partial charge in [-0.25, -0.2) is 9.78 Å². The van der Waals surface area contributed by atoms with E-state index in [2.05, 4.69) is 11.6 Å². The zero-order chi connectivity index (χ0) is 15.7. The first-order valence-electron chi connectivity index (χ1n) is 6.37. The van der Waals surface area contributed by atoms with Gasteiger partial charge in [0.15, 0.2) is 6.61 Å². The first kappa shape index (κ1) is 16.9. The number of rotatable bonds is 8. The molecule has 0 bridgehead atoms. The highest BCUT2D eigenvalue weighted by molar-refractivity contribution is 7.07. The van der Waals surface area contributed by atoms with Crippen LogP contribution in [0.3, 0.4) is 0 Å². The molecule has 21 heavy (non-hydrogen) atoms. The second-order valence-electron chi connectivity index (χ2n) is 4.30. The quantitative estimate of drug-likeness (QED) is 0.537. The van der Waals surface area contributed by atoms with Gasteiger partial charge in [0.05, 0.1) is 11.2 Å². The third-order valence-corrected chi connectivity index (χ3v) is 3.50. The van der Waals surface area contributed by atoms with Crippen molar-refractivity contribution in [1.29, 1.82) is 5.26 Å². The number of aromatic nitrogens is 1. The molecular formula is C14H17N3O3S. The summed E-state index contributed by atoms with van der Waals surface area (Å²) in [6.07, 6.45) is 2.73. The second-order valence-corrected chi connectivity index (χ2v) is 5.02. The highest BCUT2D eigenvalue weighted by Gasteiger charge is 2.28. The predicted octanol–water partition coefficient (Wildman–Crippen LogP) is 1.55. The molecule has 112 valence electrons. The minimum Gasteiger partial charge on any atom is -0.449 e. The molecule has 0 aromatic carbocycles. The first-order valence-corrected chi connectivity index (χ1v) is 7.31. The smallest absolute Gasteiger partial charge is 0.330 e. The van der Waals surface area contributed by atoms with Crippen molar-refractivity contribution in [2.45, 2.75) is 25.3 Å². The topological polar surface area (TPSA) is 83.3 Å². The van der Waals surface area contributed by atoms with Crippen molar-refractivity contribution in [2.24, 2.45) is 0 Å². The van der Waals surface area contributed by atoms with Gasteiger partial charge in [-0.2, -0.15) is 5.26 Å². The van der Waals surface area contributed by atoms with E-state index in [9.17, 15) is 9.59 Å². The van der Waals surface area contributed by atoms with Crippen LogP contribution in [-0.4, -0.2) is 41.5 Å². The number of allylic oxidation sites excluding steroid dienone is 1. The summed E-state index contributed by atoms with van der Waals surface area (Å²) in [6.45, 7) is 3.23. The molecule has 0 radical (unpaired) electrons. The molecule has 0 spiro atoms. The van der Waals surface area contributed by atoms with Crippen LogP contribution < -0.4 is 0 Å². The average Bonchev–Trinajstić information content (AvgIpc) is 3.00. The Labute approximate surface area is 127 Å². The number of esters is 1. The van der Waals surface area contributed by atoms with Crippen molar-refractivity contribution in [1.82, 2.24) is 9.88 Å². The molecule has 1 aromatic rings. The molecule has 0 saturated heterocycles. The van der Waals surface area contributed by atoms with Crippen molar-refractivity contribution >= 4 is 23.2 Å². The number of likely N-dealkylation sites (N-methyl/N-ethyl adjacent to an activating group) is 1. The summed E-state index contributed by atoms with van der Waals surface area (Å²) in [5.74, 6) is -0.775. The van der Waals surface area contributed by atoms with Crippen LogP contribution in [0.4, 0.5) is 0 Å². The van der Waals surface area contributed by atoms with E-state index in [-0.39, 0.29) is 25.4 Å². The summed E-state index contributed by atoms with van der Waals surface area (Å²) < 4.78 is 4.84. The zero-order valence-electron chi connectivity index (χ0n) is 11.8. The van der Waals surface area contributed by atoms with Crippen LogP contribution in [-0.2, 0) is 20.7 Å². The number of ether oxygens (including phenoxy) is 1. The first-order chi connectivity index (χ1) is 10.1. The highest BCUT2D eigenvalue weighted by Crippen LogP contribution is 2.12. The zero-order valence-corrected chi connectivity index (χ0v) is 12.6. The van der Waals surface area contributed by atoms with Gasteiger partial charge in [0.1, 0.15) is 12.1 Å². The number of hydrogen-bond acceptors (Lipinski definition) is 6. The maximum Gasteiger partial charge on any atom is 0.330 e. The Bertz CT molecular complexity index is 522. The molecule has 7 heteroatoms. The van der Waals surface area contributed by atoms with Crippen molar-refractivity contribution in [3.8, 4) is 6.07 Å². The molecule has 1 unspecified atom stereocenters. The molecule has 0 N–H and O–H groups in total. The van der Waals surface area contributed by atoms with Gasteiger partial charge in [-0.1, -0.05) is 6.08 Å². The van der Waals surface area contributed by atoms with Crippen LogP contribution in [0.25, 0.3) is 0 Å². The number of amides is 1. The molecule has 1 heterocycles. The lowest BCUT2D eigenvalue weighted by Crippen LogP contribution is -2.44. The Balaban J connectivity index is 2.79. The van der Waals surface area contributed by atoms with Gasteiger partial charge in [-0.3, -0.25) is 4.79 Å². The molecule has 0 saturated carbocycles. The molecule has 0 aliphatic heterocycles. The Kier molecular flexibility index (Phi) is 7.12. The number of nitrogens with zero attached hydrogens (tertiary/aromatic N) is 3. The minimum atomic E-state index is -0.780. The van der Waals surface area contributed by atoms with E-state index in [1.165, 1.54) is 16.2 Å². The minimum absolute atomic E-state index is 0.177. The monoisotopic (exact) mass is 307 g/mol. The van der Waals surface area contributed by atoms with E-state index in [0.717, 1.165) is 0 Å². The maximum atomic E-state index is 12.0. The lowest BCUT2D eigenvalue weighted by molar-refractivity contribution is -0.153. The van der Waals surface area contributed by atoms with Gasteiger partial charge in [0.25, 0.3) is 0 Å². The fraction of sp³-hybridized carbons (Fsp3) is 0.429. The van der Waals surface area contributed by atoms with E-state index in [0.29, 0.717) is 12.1 Å². The molecule has 1 atom stereocenters. The number of nitriles is 1. The molecular weight excluding hydrogens is 290 g/mol. The third-order valence-electron chi connectivity index (χ3n) is 2.86. The maximum absolute atomic E-state index is 12.0. The largest absolute Gasteiger partial charge is 0.449 e. The lowest BCUT2D eigenvalue weighted by Gasteiger charge is -2.25. The molecule has 1 rings (SSSR count). The number of hydrogen-bond donors (Lipinski definition) is 0. The number of carbonyl (C=O) groups is 2. The molecule has 0 aliphatic carbocycles. The summed E-state index contributed by atoms with van der Waals surface area (Å²) in [5, 5.41) is 10.3. The Morgan fingerprint density at radius 2 is 2.43 bits per heavy atom. The van der Waals surface area contributed by atoms with Crippen LogP contribution >= 0.6 is 11.3 Å². The highest BCUT2D eigenvalue weighted by atomic mass is 32.1. The predicted molar refractivity (Wildman–Crippen MR) is 78.4 cm³/mol. The van der Waals surface area contributed by atoms with E-state index in [1.807, 2.05) is 5.38 Å². The summed E-state index contributed by atoms with van der Waals surface area (Å²) in [7, 11) is 1.55. The lowest BCUT2D eigenvalue weighted by atomic mass is 10.1. The van der Waals surface area contributed by atoms with Gasteiger partial charge in [-0.15, -0.1) is 17.9 Å². The van der Waals surface area contributed by atoms with E-state index in [1.54, 1.807) is 24.7 Å². The van der Waals surface area contributed by atoms with Gasteiger partial charge >= 0.3 is 5.97 Å². The second kappa shape index (κ2) is 8.87. The number of carbonyl (C=O) groups excluding carboxylic acids is 2. The van der Waals surface area contributed by atoms with Crippen LogP contribution in [0, 0.1) is 11.3 Å². The van der Waals surface area contributed by atoms with E-state index < -0.39 is 12.0 Å². The molecule has 1 amide bonds. The fourth-order valence-electron chi connectivity index (χ4n) is 1.69. The average molecular weight is 307 g/mol. The Morgan fingerprint density at radius 1 is 1.67 bits per heavy atom. The van der Waals surface area contributed by atoms with Crippen LogP contribution in [0.2, 0.25) is 0 Å². The van der Waals surface area contributed by atoms with Gasteiger partial charge in [0.2, 0.25) is 5.91 Å². The molecule has 6 nitrogen and oxygen atoms in total. The fourth-order valence-corrected chi connectivity index (χ4v) is 2.26. The Hall–Kier alpha value is -2.20. The van der Waals surface area contributed by atoms with E-state index >= 15 is 0 Å². The summed E-state index contributed by atoms with van der Waals surface area (Å²) in [5.41, 5.74) is 2.37. The van der Waals surface area contributed by atoms with Crippen molar-refractivity contribution in [3.63, 3.8) is 0 Å². The van der Waals surface area contributed by atoms with Crippen molar-refractivity contribution in [2.75, 3.05) is 13.7 Å². The van der Waals surface area contributed by atoms with Crippen LogP contribution in [0.1, 0.15) is 18.5 Å². The normalized spacial score (nSPS) is 11.2. The number of thiazole rings is 1. The summed E-state index contributed by atoms with van der Waals surface area (Å²) in [4.78, 5) is 29.5. The summed E-state index contributed by atoms with van der Waals surface area (Å²) in [6, 6.07) is 0.962. The molecule has 0 aliphatic rings. The SMILES string of the molecule is C=CCCC(=O)N(C)C(Cc1cscn1)C(=O)OCC#N. The Morgan fingerprint density at radius 3 is 3.00 bits per heavy atom. The third kappa shape index (κ3) is 5.36. The van der Waals surface area contributed by atoms with Gasteiger partial charge in [-0.05, 0) is 6.42 Å². The van der Waals surface area contributed by atoms with Gasteiger partial charge < -0.3 is 9.64 Å². The van der Waals surface area contributed by atoms with Crippen molar-refractivity contribution < 1.29 is 14.3 Å². The van der Waals surface area contributed by atoms with Crippen molar-refractivity contribution in [3.05, 3.63) is 29.2 Å². The molecule has 1 aromatic heterocycles. The van der Waals surface area contributed by atoms with Crippen LogP contribution in [0.5, 0.6) is 0 Å². The van der Waals surface area contributed by atoms with Gasteiger partial charge in [0, 0.05) is 25.3 Å². The standard InChI is InChI=1S/C14H17N3O3S/c1-3-4-5-13(18)17(2)12(14(19)20-7-6-15)8-11-9-21-10-16-11/h3,9-10,12H,1,4-5,7-8H2,2H3. The summed E-state index contributed by atoms with van der Waals surface area (Å²) >= 11 is 1.41. The van der Waals surface area contributed by atoms with E-state index in [4.69, 9.17) is 10.00 Å². The molecule has 0 fully saturated rings. The van der Waals surface area contributed by atoms with Crippen LogP contribution in [0.15, 0.2) is 23.5 Å².